The fourth-order valence-electron chi connectivity index (χ4n) is 5.04. The normalized spacial score (nSPS) is 19.1. The minimum Gasteiger partial charge on any atom is -0.496 e. The van der Waals surface area contributed by atoms with E-state index in [1.165, 1.54) is 5.57 Å². The van der Waals surface area contributed by atoms with Gasteiger partial charge in [0, 0.05) is 29.8 Å². The number of Topliss-reactive ketones (excluding diaryl/α,β-unsaturated/α-hetero) is 1. The van der Waals surface area contributed by atoms with Gasteiger partial charge in [0.05, 0.1) is 23.2 Å². The van der Waals surface area contributed by atoms with Crippen LogP contribution in [0.1, 0.15) is 45.5 Å². The monoisotopic (exact) mass is 435 g/mol. The Labute approximate surface area is 171 Å². The number of carbonyl (C=O) groups excluding carboxylic acids is 1. The lowest BCUT2D eigenvalue weighted by molar-refractivity contribution is 0.0602. The molecule has 5 heteroatoms. The molecule has 3 aliphatic rings. The Morgan fingerprint density at radius 3 is 2.68 bits per heavy atom. The van der Waals surface area contributed by atoms with Crippen LogP contribution in [0.5, 0.6) is 5.75 Å². The number of carbonyl (C=O) groups is 1. The number of ether oxygens (including phenoxy) is 2. The van der Waals surface area contributed by atoms with Crippen LogP contribution in [0.2, 0.25) is 0 Å². The summed E-state index contributed by atoms with van der Waals surface area (Å²) >= 11 is 3.54. The number of allylic oxidation sites excluding steroid dienone is 2. The summed E-state index contributed by atoms with van der Waals surface area (Å²) in [5.41, 5.74) is 6.25. The Balaban J connectivity index is 1.78. The molecule has 2 aromatic rings. The van der Waals surface area contributed by atoms with E-state index in [9.17, 15) is 10.1 Å². The van der Waals surface area contributed by atoms with E-state index in [4.69, 9.17) is 9.47 Å². The van der Waals surface area contributed by atoms with Gasteiger partial charge < -0.3 is 9.47 Å². The number of hydrogen-bond donors (Lipinski definition) is 0. The fraction of sp³-hybridized carbons (Fsp3) is 0.304. The topological polar surface area (TPSA) is 59.3 Å². The first-order valence-corrected chi connectivity index (χ1v) is 10.2. The molecule has 5 rings (SSSR count). The summed E-state index contributed by atoms with van der Waals surface area (Å²) in [6.45, 7) is 1.34. The second-order valence-electron chi connectivity index (χ2n) is 7.57. The third-order valence-corrected chi connectivity index (χ3v) is 7.00. The van der Waals surface area contributed by atoms with Crippen molar-refractivity contribution in [2.75, 3.05) is 20.3 Å². The van der Waals surface area contributed by atoms with Gasteiger partial charge in [-0.25, -0.2) is 0 Å². The van der Waals surface area contributed by atoms with Crippen LogP contribution in [-0.2, 0) is 16.6 Å². The lowest BCUT2D eigenvalue weighted by Crippen LogP contribution is -2.40. The molecule has 0 bridgehead atoms. The number of nitriles is 1. The van der Waals surface area contributed by atoms with Crippen molar-refractivity contribution in [1.82, 2.24) is 0 Å². The average molecular weight is 436 g/mol. The average Bonchev–Trinajstić information content (AvgIpc) is 3.12. The first-order chi connectivity index (χ1) is 13.6. The summed E-state index contributed by atoms with van der Waals surface area (Å²) in [6, 6.07) is 11.8. The number of hydrogen-bond acceptors (Lipinski definition) is 4. The molecule has 4 nitrogen and oxygen atoms in total. The second kappa shape index (κ2) is 6.30. The summed E-state index contributed by atoms with van der Waals surface area (Å²) in [4.78, 5) is 13.6. The quantitative estimate of drug-likeness (QED) is 0.657. The molecular weight excluding hydrogens is 418 g/mol. The maximum absolute atomic E-state index is 13.6. The SMILES string of the molecule is COc1cc2c(cc1Br)C(=O)C1=C(Cc3cc(C#N)ccc31)C21CCOCC1. The fourth-order valence-corrected chi connectivity index (χ4v) is 5.55. The van der Waals surface area contributed by atoms with Gasteiger partial charge in [-0.1, -0.05) is 6.07 Å². The number of nitrogens with zero attached hydrogens (tertiary/aromatic N) is 1. The molecular formula is C23H18BrNO3. The van der Waals surface area contributed by atoms with E-state index in [0.717, 1.165) is 50.9 Å². The van der Waals surface area contributed by atoms with Crippen molar-refractivity contribution < 1.29 is 14.3 Å². The Morgan fingerprint density at radius 2 is 1.96 bits per heavy atom. The van der Waals surface area contributed by atoms with Gasteiger partial charge in [-0.2, -0.15) is 5.26 Å². The van der Waals surface area contributed by atoms with Crippen molar-refractivity contribution in [2.45, 2.75) is 24.7 Å². The molecule has 1 spiro atoms. The smallest absolute Gasteiger partial charge is 0.193 e. The number of fused-ring (bicyclic) bond motifs is 5. The zero-order chi connectivity index (χ0) is 19.5. The lowest BCUT2D eigenvalue weighted by Gasteiger charge is -2.43. The Hall–Kier alpha value is -2.42. The molecule has 0 unspecified atom stereocenters. The number of benzene rings is 2. The molecule has 0 amide bonds. The molecule has 1 aliphatic heterocycles. The van der Waals surface area contributed by atoms with Crippen LogP contribution in [0.3, 0.4) is 0 Å². The van der Waals surface area contributed by atoms with Gasteiger partial charge in [-0.05, 0) is 81.7 Å². The lowest BCUT2D eigenvalue weighted by atomic mass is 9.62. The van der Waals surface area contributed by atoms with E-state index in [1.54, 1.807) is 13.2 Å². The standard InChI is InChI=1S/C23H18BrNO3/c1-27-20-11-17-16(10-19(20)24)22(26)21-15-3-2-13(12-25)8-14(15)9-18(21)23(17)4-6-28-7-5-23/h2-3,8,10-11H,4-7,9H2,1H3. The first-order valence-electron chi connectivity index (χ1n) is 9.36. The van der Waals surface area contributed by atoms with Gasteiger partial charge in [0.1, 0.15) is 5.75 Å². The molecule has 0 atom stereocenters. The second-order valence-corrected chi connectivity index (χ2v) is 8.42. The highest BCUT2D eigenvalue weighted by Gasteiger charge is 2.49. The summed E-state index contributed by atoms with van der Waals surface area (Å²) in [5, 5.41) is 9.29. The molecule has 28 heavy (non-hydrogen) atoms. The van der Waals surface area contributed by atoms with E-state index in [-0.39, 0.29) is 11.2 Å². The van der Waals surface area contributed by atoms with Gasteiger partial charge in [0.25, 0.3) is 0 Å². The minimum absolute atomic E-state index is 0.0638. The Kier molecular flexibility index (Phi) is 3.97. The van der Waals surface area contributed by atoms with E-state index in [2.05, 4.69) is 22.0 Å². The molecule has 2 aromatic carbocycles. The number of methoxy groups -OCH3 is 1. The maximum Gasteiger partial charge on any atom is 0.193 e. The zero-order valence-electron chi connectivity index (χ0n) is 15.5. The summed E-state index contributed by atoms with van der Waals surface area (Å²) in [6.07, 6.45) is 2.40. The molecule has 0 aromatic heterocycles. The van der Waals surface area contributed by atoms with Crippen molar-refractivity contribution in [3.05, 3.63) is 68.2 Å². The van der Waals surface area contributed by atoms with Crippen molar-refractivity contribution in [3.8, 4) is 11.8 Å². The predicted molar refractivity (Wildman–Crippen MR) is 109 cm³/mol. The number of halogens is 1. The van der Waals surface area contributed by atoms with E-state index in [1.807, 2.05) is 24.3 Å². The highest BCUT2D eigenvalue weighted by Crippen LogP contribution is 2.55. The van der Waals surface area contributed by atoms with Crippen molar-refractivity contribution >= 4 is 27.3 Å². The Morgan fingerprint density at radius 1 is 1.18 bits per heavy atom. The van der Waals surface area contributed by atoms with Gasteiger partial charge >= 0.3 is 0 Å². The molecule has 1 fully saturated rings. The minimum atomic E-state index is -0.226. The first kappa shape index (κ1) is 17.7. The number of ketones is 1. The molecule has 0 N–H and O–H groups in total. The van der Waals surface area contributed by atoms with E-state index < -0.39 is 0 Å². The van der Waals surface area contributed by atoms with Crippen LogP contribution >= 0.6 is 15.9 Å². The van der Waals surface area contributed by atoms with Crippen LogP contribution < -0.4 is 4.74 Å². The third-order valence-electron chi connectivity index (χ3n) is 6.38. The number of rotatable bonds is 1. The summed E-state index contributed by atoms with van der Waals surface area (Å²) in [7, 11) is 1.65. The van der Waals surface area contributed by atoms with E-state index >= 15 is 0 Å². The van der Waals surface area contributed by atoms with Gasteiger partial charge in [-0.15, -0.1) is 0 Å². The van der Waals surface area contributed by atoms with Gasteiger partial charge in [0.15, 0.2) is 5.78 Å². The van der Waals surface area contributed by atoms with Crippen LogP contribution in [0, 0.1) is 11.3 Å². The molecule has 1 saturated heterocycles. The molecule has 140 valence electrons. The molecule has 0 radical (unpaired) electrons. The van der Waals surface area contributed by atoms with Crippen LogP contribution in [0.15, 0.2) is 40.4 Å². The highest BCUT2D eigenvalue weighted by molar-refractivity contribution is 9.10. The van der Waals surface area contributed by atoms with Crippen molar-refractivity contribution in [1.29, 1.82) is 5.26 Å². The predicted octanol–water partition coefficient (Wildman–Crippen LogP) is 4.58. The molecule has 1 heterocycles. The Bertz CT molecular complexity index is 1100. The van der Waals surface area contributed by atoms with Crippen molar-refractivity contribution in [2.24, 2.45) is 0 Å². The van der Waals surface area contributed by atoms with Gasteiger partial charge in [-0.3, -0.25) is 4.79 Å². The molecule has 0 saturated carbocycles. The maximum atomic E-state index is 13.6. The van der Waals surface area contributed by atoms with Gasteiger partial charge in [0.2, 0.25) is 0 Å². The van der Waals surface area contributed by atoms with Crippen LogP contribution in [-0.4, -0.2) is 26.1 Å². The summed E-state index contributed by atoms with van der Waals surface area (Å²) < 4.78 is 12.0. The molecule has 2 aliphatic carbocycles. The highest BCUT2D eigenvalue weighted by atomic mass is 79.9. The van der Waals surface area contributed by atoms with Crippen molar-refractivity contribution in [3.63, 3.8) is 0 Å². The van der Waals surface area contributed by atoms with Crippen LogP contribution in [0.25, 0.3) is 5.57 Å². The third kappa shape index (κ3) is 2.28. The zero-order valence-corrected chi connectivity index (χ0v) is 17.1. The van der Waals surface area contributed by atoms with Crippen LogP contribution in [0.4, 0.5) is 0 Å². The summed E-state index contributed by atoms with van der Waals surface area (Å²) in [5.74, 6) is 0.803. The van der Waals surface area contributed by atoms with E-state index in [0.29, 0.717) is 25.2 Å². The largest absolute Gasteiger partial charge is 0.496 e.